The van der Waals surface area contributed by atoms with Crippen LogP contribution >= 0.6 is 11.8 Å². The van der Waals surface area contributed by atoms with E-state index >= 15 is 0 Å². The maximum Gasteiger partial charge on any atom is 0.141 e. The van der Waals surface area contributed by atoms with E-state index in [1.807, 2.05) is 55.6 Å². The third-order valence-electron chi connectivity index (χ3n) is 3.31. The smallest absolute Gasteiger partial charge is 0.141 e. The van der Waals surface area contributed by atoms with Gasteiger partial charge in [0.25, 0.3) is 0 Å². The van der Waals surface area contributed by atoms with Crippen molar-refractivity contribution in [1.29, 1.82) is 5.26 Å². The summed E-state index contributed by atoms with van der Waals surface area (Å²) in [6.07, 6.45) is 0. The molecule has 0 saturated carbocycles. The van der Waals surface area contributed by atoms with Gasteiger partial charge in [-0.2, -0.15) is 17.0 Å². The van der Waals surface area contributed by atoms with Crippen molar-refractivity contribution in [2.75, 3.05) is 12.8 Å². The first-order chi connectivity index (χ1) is 9.80. The highest BCUT2D eigenvalue weighted by Gasteiger charge is 2.30. The molecule has 0 spiro atoms. The minimum absolute atomic E-state index is 0.624. The normalized spacial score (nSPS) is 13.4. The van der Waals surface area contributed by atoms with Gasteiger partial charge in [0.15, 0.2) is 0 Å². The molecule has 3 heteroatoms. The predicted octanol–water partition coefficient (Wildman–Crippen LogP) is 3.56. The fourth-order valence-electron chi connectivity index (χ4n) is 2.07. The number of nitrogens with one attached hydrogen (secondary N) is 1. The zero-order chi connectivity index (χ0) is 14.3. The zero-order valence-corrected chi connectivity index (χ0v) is 12.4. The van der Waals surface area contributed by atoms with Crippen molar-refractivity contribution >= 4 is 11.8 Å². The minimum Gasteiger partial charge on any atom is -0.298 e. The lowest BCUT2D eigenvalue weighted by Crippen LogP contribution is -2.41. The van der Waals surface area contributed by atoms with Gasteiger partial charge < -0.3 is 0 Å². The topological polar surface area (TPSA) is 35.8 Å². The summed E-state index contributed by atoms with van der Waals surface area (Å²) in [6, 6.07) is 22.7. The van der Waals surface area contributed by atoms with Gasteiger partial charge in [0.05, 0.1) is 6.07 Å². The average molecular weight is 282 g/mol. The van der Waals surface area contributed by atoms with Gasteiger partial charge in [0, 0.05) is 11.5 Å². The van der Waals surface area contributed by atoms with Gasteiger partial charge in [-0.05, 0) is 18.2 Å². The van der Waals surface area contributed by atoms with Crippen molar-refractivity contribution in [3.63, 3.8) is 0 Å². The highest BCUT2D eigenvalue weighted by molar-refractivity contribution is 7.98. The first-order valence-electron chi connectivity index (χ1n) is 6.58. The lowest BCUT2D eigenvalue weighted by Gasteiger charge is -2.26. The second-order valence-corrected chi connectivity index (χ2v) is 5.60. The highest BCUT2D eigenvalue weighted by Crippen LogP contribution is 2.26. The first-order valence-corrected chi connectivity index (χ1v) is 7.73. The van der Waals surface area contributed by atoms with E-state index in [2.05, 4.69) is 23.5 Å². The van der Waals surface area contributed by atoms with Gasteiger partial charge in [0.1, 0.15) is 5.54 Å². The molecule has 0 fully saturated rings. The molecule has 0 aliphatic carbocycles. The van der Waals surface area contributed by atoms with E-state index in [4.69, 9.17) is 0 Å². The van der Waals surface area contributed by atoms with Gasteiger partial charge >= 0.3 is 0 Å². The number of benzene rings is 2. The first kappa shape index (κ1) is 14.6. The van der Waals surface area contributed by atoms with E-state index in [0.717, 1.165) is 17.1 Å². The Morgan fingerprint density at radius 1 is 1.05 bits per heavy atom. The molecule has 0 amide bonds. The van der Waals surface area contributed by atoms with Crippen LogP contribution < -0.4 is 5.32 Å². The van der Waals surface area contributed by atoms with Gasteiger partial charge in [-0.1, -0.05) is 60.7 Å². The largest absolute Gasteiger partial charge is 0.298 e. The molecule has 20 heavy (non-hydrogen) atoms. The van der Waals surface area contributed by atoms with E-state index in [1.54, 1.807) is 11.8 Å². The van der Waals surface area contributed by atoms with Crippen molar-refractivity contribution in [3.05, 3.63) is 71.8 Å². The maximum atomic E-state index is 9.60. The lowest BCUT2D eigenvalue weighted by molar-refractivity contribution is 0.528. The van der Waals surface area contributed by atoms with Gasteiger partial charge in [-0.25, -0.2) is 0 Å². The Morgan fingerprint density at radius 2 is 1.65 bits per heavy atom. The molecule has 0 aliphatic rings. The molecule has 0 aromatic heterocycles. The predicted molar refractivity (Wildman–Crippen MR) is 85.4 cm³/mol. The lowest BCUT2D eigenvalue weighted by atomic mass is 9.94. The van der Waals surface area contributed by atoms with E-state index in [9.17, 15) is 5.26 Å². The van der Waals surface area contributed by atoms with Crippen LogP contribution in [0.15, 0.2) is 60.7 Å². The number of rotatable bonds is 6. The second kappa shape index (κ2) is 7.14. The number of hydrogen-bond acceptors (Lipinski definition) is 3. The van der Waals surface area contributed by atoms with Crippen molar-refractivity contribution in [3.8, 4) is 6.07 Å². The number of nitriles is 1. The van der Waals surface area contributed by atoms with Crippen LogP contribution in [0.25, 0.3) is 0 Å². The molecule has 2 aromatic carbocycles. The van der Waals surface area contributed by atoms with Gasteiger partial charge in [0.2, 0.25) is 0 Å². The molecule has 2 rings (SSSR count). The highest BCUT2D eigenvalue weighted by atomic mass is 32.2. The Kier molecular flexibility index (Phi) is 5.23. The molecule has 0 heterocycles. The molecule has 2 aromatic rings. The van der Waals surface area contributed by atoms with Crippen molar-refractivity contribution in [2.24, 2.45) is 0 Å². The monoisotopic (exact) mass is 282 g/mol. The van der Waals surface area contributed by atoms with E-state index in [0.29, 0.717) is 0 Å². The van der Waals surface area contributed by atoms with Crippen LogP contribution in [0.4, 0.5) is 0 Å². The number of hydrogen-bond donors (Lipinski definition) is 1. The summed E-state index contributed by atoms with van der Waals surface area (Å²) in [4.78, 5) is 0. The Morgan fingerprint density at radius 3 is 2.20 bits per heavy atom. The quantitative estimate of drug-likeness (QED) is 0.880. The van der Waals surface area contributed by atoms with Gasteiger partial charge in [-0.15, -0.1) is 0 Å². The third kappa shape index (κ3) is 3.41. The summed E-state index contributed by atoms with van der Waals surface area (Å²) in [6.45, 7) is 0. The summed E-state index contributed by atoms with van der Waals surface area (Å²) < 4.78 is 0. The van der Waals surface area contributed by atoms with Crippen LogP contribution in [0.2, 0.25) is 0 Å². The molecule has 0 bridgehead atoms. The molecule has 0 radical (unpaired) electrons. The minimum atomic E-state index is -0.624. The molecule has 1 unspecified atom stereocenters. The average Bonchev–Trinajstić information content (AvgIpc) is 2.54. The summed E-state index contributed by atoms with van der Waals surface area (Å²) in [5, 5.41) is 12.8. The summed E-state index contributed by atoms with van der Waals surface area (Å²) >= 11 is 1.77. The van der Waals surface area contributed by atoms with E-state index in [-0.39, 0.29) is 0 Å². The molecular formula is C17H18N2S. The molecule has 1 N–H and O–H groups in total. The molecular weight excluding hydrogens is 264 g/mol. The molecule has 1 atom stereocenters. The van der Waals surface area contributed by atoms with E-state index < -0.39 is 5.54 Å². The Balaban J connectivity index is 2.05. The summed E-state index contributed by atoms with van der Waals surface area (Å²) in [7, 11) is 1.85. The summed E-state index contributed by atoms with van der Waals surface area (Å²) in [5.74, 6) is 1.64. The van der Waals surface area contributed by atoms with Crippen LogP contribution in [-0.4, -0.2) is 12.8 Å². The van der Waals surface area contributed by atoms with Crippen molar-refractivity contribution in [1.82, 2.24) is 5.32 Å². The molecule has 2 nitrogen and oxygen atoms in total. The second-order valence-electron chi connectivity index (χ2n) is 4.61. The van der Waals surface area contributed by atoms with E-state index in [1.165, 1.54) is 5.56 Å². The molecule has 0 saturated heterocycles. The van der Waals surface area contributed by atoms with Crippen LogP contribution in [0.3, 0.4) is 0 Å². The zero-order valence-electron chi connectivity index (χ0n) is 11.5. The fraction of sp³-hybridized carbons (Fsp3) is 0.235. The third-order valence-corrected chi connectivity index (χ3v) is 4.49. The number of thioether (sulfide) groups is 1. The van der Waals surface area contributed by atoms with Crippen LogP contribution in [0, 0.1) is 11.3 Å². The number of nitrogens with zero attached hydrogens (tertiary/aromatic N) is 1. The van der Waals surface area contributed by atoms with Crippen LogP contribution in [-0.2, 0) is 11.3 Å². The van der Waals surface area contributed by atoms with Crippen LogP contribution in [0.5, 0.6) is 0 Å². The maximum absolute atomic E-state index is 9.60. The van der Waals surface area contributed by atoms with Crippen LogP contribution in [0.1, 0.15) is 11.1 Å². The summed E-state index contributed by atoms with van der Waals surface area (Å²) in [5.41, 5.74) is 1.68. The van der Waals surface area contributed by atoms with Gasteiger partial charge in [-0.3, -0.25) is 5.32 Å². The fourth-order valence-corrected chi connectivity index (χ4v) is 3.28. The van der Waals surface area contributed by atoms with Crippen molar-refractivity contribution < 1.29 is 0 Å². The Bertz CT molecular complexity index is 563. The molecule has 0 aliphatic heterocycles. The Labute approximate surface area is 124 Å². The Hall–Kier alpha value is -1.76. The van der Waals surface area contributed by atoms with Crippen molar-refractivity contribution in [2.45, 2.75) is 11.3 Å². The molecule has 102 valence electrons. The SMILES string of the molecule is CNC(C#N)(CSCc1ccccc1)c1ccccc1. The standard InChI is InChI=1S/C17H18N2S/c1-19-17(13-18,16-10-6-3-7-11-16)14-20-12-15-8-4-2-5-9-15/h2-11,19H,12,14H2,1H3.